The molecule has 1 aliphatic heterocycles. The van der Waals surface area contributed by atoms with Crippen LogP contribution in [0.2, 0.25) is 0 Å². The fraction of sp³-hybridized carbons (Fsp3) is 0.286. The highest BCUT2D eigenvalue weighted by Crippen LogP contribution is 2.23. The summed E-state index contributed by atoms with van der Waals surface area (Å²) < 4.78 is 11.5. The molecule has 0 radical (unpaired) electrons. The molecule has 1 fully saturated rings. The second-order valence-corrected chi connectivity index (χ2v) is 6.43. The van der Waals surface area contributed by atoms with Crippen molar-refractivity contribution in [2.45, 2.75) is 32.0 Å². The number of rotatable bonds is 5. The van der Waals surface area contributed by atoms with Crippen molar-refractivity contribution in [3.63, 3.8) is 0 Å². The van der Waals surface area contributed by atoms with Crippen molar-refractivity contribution in [2.24, 2.45) is 0 Å². The molecule has 25 heavy (non-hydrogen) atoms. The van der Waals surface area contributed by atoms with Gasteiger partial charge in [0.05, 0.1) is 6.54 Å². The zero-order valence-corrected chi connectivity index (χ0v) is 14.1. The molecule has 1 saturated heterocycles. The maximum Gasteiger partial charge on any atom is 0.252 e. The summed E-state index contributed by atoms with van der Waals surface area (Å²) in [7, 11) is 0. The summed E-state index contributed by atoms with van der Waals surface area (Å²) in [5.41, 5.74) is 1.95. The highest BCUT2D eigenvalue weighted by molar-refractivity contribution is 5.81. The van der Waals surface area contributed by atoms with E-state index in [0.29, 0.717) is 19.7 Å². The summed E-state index contributed by atoms with van der Waals surface area (Å²) >= 11 is 0. The molecule has 0 saturated carbocycles. The maximum atomic E-state index is 12.9. The third kappa shape index (κ3) is 3.59. The summed E-state index contributed by atoms with van der Waals surface area (Å²) in [6, 6.07) is 20.0. The smallest absolute Gasteiger partial charge is 0.252 e. The van der Waals surface area contributed by atoms with Crippen molar-refractivity contribution < 1.29 is 13.9 Å². The molecule has 2 heterocycles. The first-order valence-corrected chi connectivity index (χ1v) is 8.71. The van der Waals surface area contributed by atoms with Crippen molar-refractivity contribution in [1.29, 1.82) is 0 Å². The Hall–Kier alpha value is -2.59. The van der Waals surface area contributed by atoms with Gasteiger partial charge in [-0.15, -0.1) is 0 Å². The van der Waals surface area contributed by atoms with Gasteiger partial charge in [-0.1, -0.05) is 48.5 Å². The molecule has 4 heteroatoms. The van der Waals surface area contributed by atoms with Gasteiger partial charge < -0.3 is 14.1 Å². The van der Waals surface area contributed by atoms with Crippen LogP contribution in [0.25, 0.3) is 11.0 Å². The molecular formula is C21H21NO3. The lowest BCUT2D eigenvalue weighted by atomic mass is 10.1. The number of fused-ring (bicyclic) bond motifs is 1. The Kier molecular flexibility index (Phi) is 4.53. The molecule has 2 aromatic carbocycles. The van der Waals surface area contributed by atoms with Crippen LogP contribution in [0.4, 0.5) is 0 Å². The highest BCUT2D eigenvalue weighted by Gasteiger charge is 2.29. The number of amides is 1. The van der Waals surface area contributed by atoms with E-state index in [-0.39, 0.29) is 12.0 Å². The molecule has 0 bridgehead atoms. The number of ether oxygens (including phenoxy) is 1. The van der Waals surface area contributed by atoms with E-state index >= 15 is 0 Å². The lowest BCUT2D eigenvalue weighted by molar-refractivity contribution is -0.142. The first-order valence-electron chi connectivity index (χ1n) is 8.71. The highest BCUT2D eigenvalue weighted by atomic mass is 16.5. The van der Waals surface area contributed by atoms with Gasteiger partial charge >= 0.3 is 0 Å². The number of benzene rings is 2. The largest absolute Gasteiger partial charge is 0.459 e. The van der Waals surface area contributed by atoms with Crippen LogP contribution >= 0.6 is 0 Å². The van der Waals surface area contributed by atoms with E-state index < -0.39 is 0 Å². The van der Waals surface area contributed by atoms with Gasteiger partial charge in [0.2, 0.25) is 0 Å². The summed E-state index contributed by atoms with van der Waals surface area (Å²) in [4.78, 5) is 14.8. The van der Waals surface area contributed by atoms with Crippen molar-refractivity contribution in [3.05, 3.63) is 72.0 Å². The Morgan fingerprint density at radius 2 is 1.84 bits per heavy atom. The second kappa shape index (κ2) is 7.11. The SMILES string of the molecule is O=C([C@@H]1CCCO1)N(Cc1ccccc1)Cc1cc2ccccc2o1. The average Bonchev–Trinajstić information content (AvgIpc) is 3.31. The molecule has 1 atom stereocenters. The van der Waals surface area contributed by atoms with Gasteiger partial charge in [-0.25, -0.2) is 0 Å². The maximum absolute atomic E-state index is 12.9. The molecule has 0 aliphatic carbocycles. The van der Waals surface area contributed by atoms with Gasteiger partial charge in [-0.05, 0) is 30.5 Å². The van der Waals surface area contributed by atoms with E-state index in [1.54, 1.807) is 0 Å². The number of furan rings is 1. The lowest BCUT2D eigenvalue weighted by Crippen LogP contribution is -2.38. The van der Waals surface area contributed by atoms with Crippen LogP contribution in [0, 0.1) is 0 Å². The Labute approximate surface area is 147 Å². The standard InChI is InChI=1S/C21H21NO3/c23-21(20-11-6-12-24-20)22(14-16-7-2-1-3-8-16)15-18-13-17-9-4-5-10-19(17)25-18/h1-5,7-10,13,20H,6,11-12,14-15H2/t20-/m0/s1. The molecule has 1 aromatic heterocycles. The number of nitrogens with zero attached hydrogens (tertiary/aromatic N) is 1. The Morgan fingerprint density at radius 1 is 1.04 bits per heavy atom. The fourth-order valence-corrected chi connectivity index (χ4v) is 3.29. The van der Waals surface area contributed by atoms with Gasteiger partial charge in [0.15, 0.2) is 0 Å². The summed E-state index contributed by atoms with van der Waals surface area (Å²) in [6.45, 7) is 1.67. The van der Waals surface area contributed by atoms with Crippen LogP contribution in [0.1, 0.15) is 24.2 Å². The van der Waals surface area contributed by atoms with Crippen LogP contribution in [0.5, 0.6) is 0 Å². The molecule has 3 aromatic rings. The third-order valence-electron chi connectivity index (χ3n) is 4.56. The minimum atomic E-state index is -0.326. The monoisotopic (exact) mass is 335 g/mol. The van der Waals surface area contributed by atoms with E-state index in [1.165, 1.54) is 0 Å². The summed E-state index contributed by atoms with van der Waals surface area (Å²) in [5.74, 6) is 0.838. The van der Waals surface area contributed by atoms with Crippen molar-refractivity contribution in [2.75, 3.05) is 6.61 Å². The molecule has 1 aliphatic rings. The van der Waals surface area contributed by atoms with E-state index in [9.17, 15) is 4.79 Å². The van der Waals surface area contributed by atoms with Crippen LogP contribution in [-0.4, -0.2) is 23.5 Å². The van der Waals surface area contributed by atoms with Crippen LogP contribution in [0.15, 0.2) is 65.1 Å². The molecule has 4 rings (SSSR count). The van der Waals surface area contributed by atoms with E-state index in [1.807, 2.05) is 65.6 Å². The van der Waals surface area contributed by atoms with Crippen LogP contribution in [0.3, 0.4) is 0 Å². The zero-order valence-electron chi connectivity index (χ0n) is 14.1. The first kappa shape index (κ1) is 15.9. The number of para-hydroxylation sites is 1. The predicted molar refractivity (Wildman–Crippen MR) is 95.9 cm³/mol. The number of hydrogen-bond acceptors (Lipinski definition) is 3. The normalized spacial score (nSPS) is 17.0. The number of carbonyl (C=O) groups excluding carboxylic acids is 1. The van der Waals surface area contributed by atoms with Crippen molar-refractivity contribution >= 4 is 16.9 Å². The summed E-state index contributed by atoms with van der Waals surface area (Å²) in [6.07, 6.45) is 1.41. The minimum Gasteiger partial charge on any atom is -0.459 e. The summed E-state index contributed by atoms with van der Waals surface area (Å²) in [5, 5.41) is 1.06. The molecule has 128 valence electrons. The van der Waals surface area contributed by atoms with Crippen LogP contribution < -0.4 is 0 Å². The Morgan fingerprint density at radius 3 is 2.60 bits per heavy atom. The van der Waals surface area contributed by atoms with Crippen molar-refractivity contribution in [3.8, 4) is 0 Å². The van der Waals surface area contributed by atoms with E-state index in [4.69, 9.17) is 9.15 Å². The van der Waals surface area contributed by atoms with Gasteiger partial charge in [-0.3, -0.25) is 4.79 Å². The van der Waals surface area contributed by atoms with Crippen molar-refractivity contribution in [1.82, 2.24) is 4.90 Å². The Balaban J connectivity index is 1.58. The molecule has 0 N–H and O–H groups in total. The van der Waals surface area contributed by atoms with Gasteiger partial charge in [0, 0.05) is 18.5 Å². The Bertz CT molecular complexity index is 817. The third-order valence-corrected chi connectivity index (χ3v) is 4.56. The first-order chi connectivity index (χ1) is 12.3. The molecule has 0 spiro atoms. The average molecular weight is 335 g/mol. The molecule has 0 unspecified atom stereocenters. The van der Waals surface area contributed by atoms with E-state index in [2.05, 4.69) is 0 Å². The fourth-order valence-electron chi connectivity index (χ4n) is 3.29. The van der Waals surface area contributed by atoms with Gasteiger partial charge in [0.1, 0.15) is 17.4 Å². The topological polar surface area (TPSA) is 42.7 Å². The van der Waals surface area contributed by atoms with Gasteiger partial charge in [-0.2, -0.15) is 0 Å². The second-order valence-electron chi connectivity index (χ2n) is 6.43. The van der Waals surface area contributed by atoms with E-state index in [0.717, 1.165) is 35.1 Å². The van der Waals surface area contributed by atoms with Gasteiger partial charge in [0.25, 0.3) is 5.91 Å². The predicted octanol–water partition coefficient (Wildman–Crippen LogP) is 4.14. The molecule has 4 nitrogen and oxygen atoms in total. The number of carbonyl (C=O) groups is 1. The van der Waals surface area contributed by atoms with Crippen LogP contribution in [-0.2, 0) is 22.6 Å². The quantitative estimate of drug-likeness (QED) is 0.704. The zero-order chi connectivity index (χ0) is 17.1. The number of hydrogen-bond donors (Lipinski definition) is 0. The molecule has 1 amide bonds. The molecular weight excluding hydrogens is 314 g/mol. The minimum absolute atomic E-state index is 0.0433. The lowest BCUT2D eigenvalue weighted by Gasteiger charge is -2.24.